The number of aromatic nitrogens is 1. The van der Waals surface area contributed by atoms with Crippen molar-refractivity contribution in [2.75, 3.05) is 5.73 Å². The van der Waals surface area contributed by atoms with Crippen LogP contribution < -0.4 is 11.1 Å². The molecular weight excluding hydrogens is 432 g/mol. The summed E-state index contributed by atoms with van der Waals surface area (Å²) in [6, 6.07) is 6.28. The van der Waals surface area contributed by atoms with Gasteiger partial charge in [0.25, 0.3) is 0 Å². The van der Waals surface area contributed by atoms with Crippen molar-refractivity contribution in [3.05, 3.63) is 28.2 Å². The Kier molecular flexibility index (Phi) is 5.27. The number of aliphatic imine (C=N–C) groups is 1. The summed E-state index contributed by atoms with van der Waals surface area (Å²) in [4.78, 5) is 21.4. The molecule has 1 aromatic heterocycles. The summed E-state index contributed by atoms with van der Waals surface area (Å²) < 4.78 is 6.37. The van der Waals surface area contributed by atoms with Crippen LogP contribution in [0.15, 0.2) is 27.7 Å². The van der Waals surface area contributed by atoms with Crippen LogP contribution in [-0.4, -0.2) is 28.4 Å². The number of hydrogen-bond acceptors (Lipinski definition) is 5. The number of nitrogen functional groups attached to an aromatic ring is 1. The number of alkyl carbamates (subject to hydrolysis) is 1. The minimum atomic E-state index is -0.474. The Labute approximate surface area is 179 Å². The number of carbonyl (C=O) groups is 1. The maximum absolute atomic E-state index is 12.0. The summed E-state index contributed by atoms with van der Waals surface area (Å²) >= 11 is 3.50. The number of ether oxygens (including phenoxy) is 1. The second-order valence-corrected chi connectivity index (χ2v) is 9.88. The molecule has 2 aromatic rings. The molecule has 0 saturated heterocycles. The molecule has 0 unspecified atom stereocenters. The predicted octanol–water partition coefficient (Wildman–Crippen LogP) is 5.29. The van der Waals surface area contributed by atoms with Gasteiger partial charge in [-0.2, -0.15) is 0 Å². The van der Waals surface area contributed by atoms with Crippen LogP contribution in [0, 0.1) is 5.92 Å². The van der Waals surface area contributed by atoms with Crippen LogP contribution in [0.1, 0.15) is 52.0 Å². The van der Waals surface area contributed by atoms with Crippen molar-refractivity contribution in [1.82, 2.24) is 10.3 Å². The van der Waals surface area contributed by atoms with E-state index in [1.165, 1.54) is 11.3 Å². The molecule has 1 saturated carbocycles. The maximum Gasteiger partial charge on any atom is 0.407 e. The van der Waals surface area contributed by atoms with E-state index in [0.29, 0.717) is 11.7 Å². The summed E-state index contributed by atoms with van der Waals surface area (Å²) in [6.07, 6.45) is 4.37. The van der Waals surface area contributed by atoms with Gasteiger partial charge in [0.2, 0.25) is 0 Å². The molecule has 0 spiro atoms. The fraction of sp³-hybridized carbons (Fsp3) is 0.500. The van der Waals surface area contributed by atoms with Gasteiger partial charge < -0.3 is 15.8 Å². The number of amides is 1. The number of nitrogens with one attached hydrogen (secondary N) is 1. The lowest BCUT2D eigenvalue weighted by molar-refractivity contribution is 0.0491. The topological polar surface area (TPSA) is 89.6 Å². The summed E-state index contributed by atoms with van der Waals surface area (Å²) in [5, 5.41) is 4.13. The minimum Gasteiger partial charge on any atom is -0.444 e. The number of nitrogens with zero attached hydrogens (tertiary/aromatic N) is 2. The zero-order chi connectivity index (χ0) is 20.8. The van der Waals surface area contributed by atoms with Gasteiger partial charge in [-0.15, -0.1) is 0 Å². The molecule has 0 radical (unpaired) electrons. The van der Waals surface area contributed by atoms with Crippen molar-refractivity contribution in [2.45, 2.75) is 64.5 Å². The van der Waals surface area contributed by atoms with Gasteiger partial charge in [-0.3, -0.25) is 4.99 Å². The van der Waals surface area contributed by atoms with E-state index in [-0.39, 0.29) is 12.1 Å². The fourth-order valence-electron chi connectivity index (χ4n) is 4.27. The van der Waals surface area contributed by atoms with Gasteiger partial charge in [0.1, 0.15) is 17.1 Å². The second kappa shape index (κ2) is 7.59. The van der Waals surface area contributed by atoms with Crippen molar-refractivity contribution in [3.63, 3.8) is 0 Å². The fourth-order valence-corrected chi connectivity index (χ4v) is 4.62. The highest BCUT2D eigenvalue weighted by molar-refractivity contribution is 9.10. The molecule has 1 amide bonds. The van der Waals surface area contributed by atoms with Crippen LogP contribution in [0.2, 0.25) is 0 Å². The van der Waals surface area contributed by atoms with E-state index in [2.05, 4.69) is 32.3 Å². The van der Waals surface area contributed by atoms with Crippen molar-refractivity contribution in [1.29, 1.82) is 0 Å². The molecule has 4 rings (SSSR count). The van der Waals surface area contributed by atoms with Gasteiger partial charge in [-0.1, -0.05) is 22.0 Å². The lowest BCUT2D eigenvalue weighted by atomic mass is 9.82. The molecule has 1 aliphatic heterocycles. The largest absolute Gasteiger partial charge is 0.444 e. The highest BCUT2D eigenvalue weighted by Crippen LogP contribution is 2.40. The van der Waals surface area contributed by atoms with Crippen molar-refractivity contribution in [2.24, 2.45) is 10.9 Å². The van der Waals surface area contributed by atoms with Crippen LogP contribution >= 0.6 is 15.9 Å². The van der Waals surface area contributed by atoms with E-state index in [1.54, 1.807) is 0 Å². The van der Waals surface area contributed by atoms with Gasteiger partial charge in [-0.05, 0) is 70.1 Å². The number of halogens is 1. The van der Waals surface area contributed by atoms with Crippen LogP contribution in [0.25, 0.3) is 10.9 Å². The zero-order valence-electron chi connectivity index (χ0n) is 17.1. The number of nitrogens with two attached hydrogens (primary N) is 1. The van der Waals surface area contributed by atoms with E-state index < -0.39 is 5.60 Å². The standard InChI is InChI=1S/C22H27BrN4O2/c1-22(2,3)29-21(28)25-14-7-4-12(5-8-14)17-11-16-15-9-6-13(23)10-18(15)27-20(24)19(16)26-17/h6,9-10,12,14H,4-5,7-8,11H2,1-3H3,(H2,24,27)(H,25,28). The van der Waals surface area contributed by atoms with Crippen LogP contribution in [0.3, 0.4) is 0 Å². The Morgan fingerprint density at radius 3 is 2.66 bits per heavy atom. The molecule has 1 aliphatic carbocycles. The third-order valence-electron chi connectivity index (χ3n) is 5.59. The van der Waals surface area contributed by atoms with Gasteiger partial charge in [0, 0.05) is 28.0 Å². The summed E-state index contributed by atoms with van der Waals surface area (Å²) in [7, 11) is 0. The van der Waals surface area contributed by atoms with E-state index in [1.807, 2.05) is 32.9 Å². The Balaban J connectivity index is 1.42. The summed E-state index contributed by atoms with van der Waals surface area (Å²) in [5.74, 6) is 0.921. The van der Waals surface area contributed by atoms with E-state index in [0.717, 1.165) is 53.2 Å². The molecule has 0 bridgehead atoms. The van der Waals surface area contributed by atoms with Gasteiger partial charge in [0.05, 0.1) is 5.52 Å². The molecular formula is C22H27BrN4O2. The molecule has 7 heteroatoms. The molecule has 0 atom stereocenters. The van der Waals surface area contributed by atoms with E-state index >= 15 is 0 Å². The first-order valence-corrected chi connectivity index (χ1v) is 10.9. The smallest absolute Gasteiger partial charge is 0.407 e. The molecule has 29 heavy (non-hydrogen) atoms. The second-order valence-electron chi connectivity index (χ2n) is 8.96. The Bertz CT molecular complexity index is 988. The maximum atomic E-state index is 12.0. The van der Waals surface area contributed by atoms with E-state index in [4.69, 9.17) is 15.5 Å². The molecule has 6 nitrogen and oxygen atoms in total. The number of pyridine rings is 1. The van der Waals surface area contributed by atoms with Gasteiger partial charge in [-0.25, -0.2) is 9.78 Å². The van der Waals surface area contributed by atoms with Crippen LogP contribution in [0.5, 0.6) is 0 Å². The number of rotatable bonds is 2. The van der Waals surface area contributed by atoms with Crippen LogP contribution in [-0.2, 0) is 11.2 Å². The molecule has 3 N–H and O–H groups in total. The number of benzene rings is 1. The minimum absolute atomic E-state index is 0.162. The monoisotopic (exact) mass is 458 g/mol. The van der Waals surface area contributed by atoms with Gasteiger partial charge in [0.15, 0.2) is 0 Å². The van der Waals surface area contributed by atoms with Crippen LogP contribution in [0.4, 0.5) is 16.3 Å². The third kappa shape index (κ3) is 4.39. The lowest BCUT2D eigenvalue weighted by Gasteiger charge is -2.30. The molecule has 1 fully saturated rings. The average Bonchev–Trinajstić information content (AvgIpc) is 3.06. The first-order chi connectivity index (χ1) is 13.7. The molecule has 1 aromatic carbocycles. The summed E-state index contributed by atoms with van der Waals surface area (Å²) in [5.41, 5.74) is 9.85. The Morgan fingerprint density at radius 1 is 1.24 bits per heavy atom. The third-order valence-corrected chi connectivity index (χ3v) is 6.08. The summed E-state index contributed by atoms with van der Waals surface area (Å²) in [6.45, 7) is 5.63. The zero-order valence-corrected chi connectivity index (χ0v) is 18.7. The average molecular weight is 459 g/mol. The highest BCUT2D eigenvalue weighted by Gasteiger charge is 2.31. The number of hydrogen-bond donors (Lipinski definition) is 2. The Hall–Kier alpha value is -2.15. The normalized spacial score (nSPS) is 21.6. The SMILES string of the molecule is CC(C)(C)OC(=O)NC1CCC(C2=Nc3c(N)nc4cc(Br)ccc4c3C2)CC1. The van der Waals surface area contributed by atoms with Crippen molar-refractivity contribution in [3.8, 4) is 0 Å². The Morgan fingerprint density at radius 2 is 1.97 bits per heavy atom. The predicted molar refractivity (Wildman–Crippen MR) is 120 cm³/mol. The van der Waals surface area contributed by atoms with Crippen molar-refractivity contribution < 1.29 is 9.53 Å². The number of fused-ring (bicyclic) bond motifs is 3. The first kappa shape index (κ1) is 20.1. The number of anilines is 1. The lowest BCUT2D eigenvalue weighted by Crippen LogP contribution is -2.41. The first-order valence-electron chi connectivity index (χ1n) is 10.1. The van der Waals surface area contributed by atoms with Gasteiger partial charge >= 0.3 is 6.09 Å². The van der Waals surface area contributed by atoms with E-state index in [9.17, 15) is 4.79 Å². The quantitative estimate of drug-likeness (QED) is 0.639. The van der Waals surface area contributed by atoms with Crippen molar-refractivity contribution >= 4 is 50.1 Å². The number of carbonyl (C=O) groups excluding carboxylic acids is 1. The molecule has 2 aliphatic rings. The highest BCUT2D eigenvalue weighted by atomic mass is 79.9. The molecule has 154 valence electrons. The molecule has 2 heterocycles.